The first kappa shape index (κ1) is 20.5. The third-order valence-corrected chi connectivity index (χ3v) is 6.32. The van der Waals surface area contributed by atoms with Gasteiger partial charge in [0.1, 0.15) is 11.8 Å². The summed E-state index contributed by atoms with van der Waals surface area (Å²) in [4.78, 5) is 4.64. The largest absolute Gasteiger partial charge is 0.497 e. The molecular formula is C23H23BrN2O5. The van der Waals surface area contributed by atoms with Gasteiger partial charge in [-0.2, -0.15) is 0 Å². The zero-order chi connectivity index (χ0) is 21.5. The van der Waals surface area contributed by atoms with Crippen molar-refractivity contribution in [3.63, 3.8) is 0 Å². The number of nitrogens with zero attached hydrogens (tertiary/aromatic N) is 2. The van der Waals surface area contributed by atoms with Crippen molar-refractivity contribution >= 4 is 32.7 Å². The monoisotopic (exact) mass is 486 g/mol. The number of aliphatic hydroxyl groups is 2. The lowest BCUT2D eigenvalue weighted by Crippen LogP contribution is -2.47. The van der Waals surface area contributed by atoms with Gasteiger partial charge in [0.15, 0.2) is 0 Å². The maximum atomic E-state index is 10.4. The molecule has 2 aliphatic heterocycles. The molecule has 0 amide bonds. The molecule has 2 aliphatic rings. The van der Waals surface area contributed by atoms with Crippen molar-refractivity contribution in [2.24, 2.45) is 4.99 Å². The highest BCUT2D eigenvalue weighted by molar-refractivity contribution is 9.10. The highest BCUT2D eigenvalue weighted by Gasteiger charge is 2.44. The molecule has 7 nitrogen and oxygen atoms in total. The Morgan fingerprint density at radius 2 is 2.03 bits per heavy atom. The topological polar surface area (TPSA) is 85.4 Å². The third-order valence-electron chi connectivity index (χ3n) is 5.79. The Hall–Kier alpha value is -2.39. The van der Waals surface area contributed by atoms with Crippen molar-refractivity contribution < 1.29 is 24.4 Å². The van der Waals surface area contributed by atoms with Gasteiger partial charge in [-0.1, -0.05) is 28.1 Å². The summed E-state index contributed by atoms with van der Waals surface area (Å²) in [5, 5.41) is 20.8. The summed E-state index contributed by atoms with van der Waals surface area (Å²) < 4.78 is 20.4. The molecule has 3 heterocycles. The standard InChI is InChI=1S/C23H23BrN2O5/c1-29-15-6-7-17-18(22-25-21-20(28)9-16(12-27)30-23(21)31-22)11-26(19(17)8-15)10-13-2-4-14(24)5-3-13/h2-8,11,16,20-21,23,27-28H,9-10,12H2,1H3/t16?,20?,21-,23-/m1/s1. The smallest absolute Gasteiger partial charge is 0.227 e. The maximum Gasteiger partial charge on any atom is 0.227 e. The minimum Gasteiger partial charge on any atom is -0.497 e. The zero-order valence-corrected chi connectivity index (χ0v) is 18.5. The van der Waals surface area contributed by atoms with Crippen molar-refractivity contribution in [1.82, 2.24) is 4.57 Å². The Bertz CT molecular complexity index is 1130. The first-order chi connectivity index (χ1) is 15.1. The van der Waals surface area contributed by atoms with Crippen LogP contribution < -0.4 is 4.74 Å². The van der Waals surface area contributed by atoms with E-state index in [9.17, 15) is 10.2 Å². The second kappa shape index (κ2) is 8.27. The summed E-state index contributed by atoms with van der Waals surface area (Å²) in [5.41, 5.74) is 2.98. The van der Waals surface area contributed by atoms with Crippen LogP contribution in [0.15, 0.2) is 58.1 Å². The van der Waals surface area contributed by atoms with Crippen molar-refractivity contribution in [1.29, 1.82) is 0 Å². The van der Waals surface area contributed by atoms with Crippen molar-refractivity contribution in [2.75, 3.05) is 13.7 Å². The molecule has 2 N–H and O–H groups in total. The van der Waals surface area contributed by atoms with Gasteiger partial charge in [-0.25, -0.2) is 4.99 Å². The minimum absolute atomic E-state index is 0.161. The Balaban J connectivity index is 1.53. The van der Waals surface area contributed by atoms with Gasteiger partial charge >= 0.3 is 0 Å². The number of hydrogen-bond donors (Lipinski definition) is 2. The Kier molecular flexibility index (Phi) is 5.47. The van der Waals surface area contributed by atoms with Crippen LogP contribution in [0, 0.1) is 0 Å². The van der Waals surface area contributed by atoms with Gasteiger partial charge in [0.25, 0.3) is 0 Å². The van der Waals surface area contributed by atoms with Crippen molar-refractivity contribution in [3.8, 4) is 5.75 Å². The summed E-state index contributed by atoms with van der Waals surface area (Å²) in [6.07, 6.45) is 0.482. The predicted octanol–water partition coefficient (Wildman–Crippen LogP) is 3.07. The quantitative estimate of drug-likeness (QED) is 0.578. The summed E-state index contributed by atoms with van der Waals surface area (Å²) in [6.45, 7) is 0.508. The molecule has 4 atom stereocenters. The van der Waals surface area contributed by atoms with Crippen LogP contribution in [0.1, 0.15) is 17.5 Å². The van der Waals surface area contributed by atoms with Crippen LogP contribution in [0.25, 0.3) is 10.9 Å². The molecule has 5 rings (SSSR count). The van der Waals surface area contributed by atoms with Gasteiger partial charge < -0.3 is 29.0 Å². The van der Waals surface area contributed by atoms with Crippen LogP contribution in [0.4, 0.5) is 0 Å². The predicted molar refractivity (Wildman–Crippen MR) is 120 cm³/mol. The number of aromatic nitrogens is 1. The highest BCUT2D eigenvalue weighted by atomic mass is 79.9. The maximum absolute atomic E-state index is 10.4. The number of halogens is 1. The van der Waals surface area contributed by atoms with E-state index in [1.807, 2.05) is 36.5 Å². The van der Waals surface area contributed by atoms with Gasteiger partial charge in [0.05, 0.1) is 37.0 Å². The van der Waals surface area contributed by atoms with Crippen LogP contribution >= 0.6 is 15.9 Å². The van der Waals surface area contributed by atoms with Gasteiger partial charge in [-0.15, -0.1) is 0 Å². The van der Waals surface area contributed by atoms with Gasteiger partial charge in [-0.3, -0.25) is 0 Å². The number of benzene rings is 2. The van der Waals surface area contributed by atoms with Crippen LogP contribution in [-0.2, 0) is 16.0 Å². The SMILES string of the molecule is COc1ccc2c(C3=N[C@@H]4C(O)CC(CO)O[C@@H]4O3)cn(Cc3ccc(Br)cc3)c2c1. The van der Waals surface area contributed by atoms with Crippen molar-refractivity contribution in [3.05, 3.63) is 64.3 Å². The normalized spacial score (nSPS) is 25.2. The van der Waals surface area contributed by atoms with Gasteiger partial charge in [0, 0.05) is 35.1 Å². The van der Waals surface area contributed by atoms with Crippen molar-refractivity contribution in [2.45, 2.75) is 37.5 Å². The summed E-state index contributed by atoms with van der Waals surface area (Å²) in [7, 11) is 1.65. The minimum atomic E-state index is -0.718. The molecule has 162 valence electrons. The van der Waals surface area contributed by atoms with Gasteiger partial charge in [-0.05, 0) is 29.8 Å². The van der Waals surface area contributed by atoms with E-state index in [-0.39, 0.29) is 6.61 Å². The van der Waals surface area contributed by atoms with E-state index in [2.05, 4.69) is 37.6 Å². The number of aliphatic imine (C=N–C) groups is 1. The average molecular weight is 487 g/mol. The molecule has 1 aromatic heterocycles. The molecule has 0 saturated carbocycles. The highest BCUT2D eigenvalue weighted by Crippen LogP contribution is 2.33. The molecule has 2 unspecified atom stereocenters. The number of rotatable bonds is 5. The molecule has 8 heteroatoms. The van der Waals surface area contributed by atoms with Crippen LogP contribution in [-0.4, -0.2) is 58.9 Å². The number of aliphatic hydroxyl groups excluding tert-OH is 2. The fraction of sp³-hybridized carbons (Fsp3) is 0.348. The summed E-state index contributed by atoms with van der Waals surface area (Å²) in [5.74, 6) is 1.21. The molecule has 1 saturated heterocycles. The molecule has 0 aliphatic carbocycles. The van der Waals surface area contributed by atoms with E-state index in [0.717, 1.165) is 32.3 Å². The molecule has 1 fully saturated rings. The number of ether oxygens (including phenoxy) is 3. The fourth-order valence-electron chi connectivity index (χ4n) is 4.17. The summed E-state index contributed by atoms with van der Waals surface area (Å²) >= 11 is 3.48. The molecule has 0 bridgehead atoms. The van der Waals surface area contributed by atoms with E-state index in [1.54, 1.807) is 7.11 Å². The van der Waals surface area contributed by atoms with Gasteiger partial charge in [0.2, 0.25) is 12.2 Å². The number of methoxy groups -OCH3 is 1. The Morgan fingerprint density at radius 1 is 1.23 bits per heavy atom. The van der Waals surface area contributed by atoms with E-state index < -0.39 is 24.5 Å². The van der Waals surface area contributed by atoms with E-state index in [0.29, 0.717) is 18.9 Å². The van der Waals surface area contributed by atoms with E-state index in [1.165, 1.54) is 0 Å². The number of hydrogen-bond acceptors (Lipinski definition) is 6. The lowest BCUT2D eigenvalue weighted by atomic mass is 10.0. The lowest BCUT2D eigenvalue weighted by Gasteiger charge is -2.32. The first-order valence-corrected chi connectivity index (χ1v) is 11.0. The third kappa shape index (κ3) is 3.85. The average Bonchev–Trinajstić information content (AvgIpc) is 3.36. The molecule has 3 aromatic rings. The van der Waals surface area contributed by atoms with E-state index in [4.69, 9.17) is 14.2 Å². The molecular weight excluding hydrogens is 464 g/mol. The molecule has 31 heavy (non-hydrogen) atoms. The summed E-state index contributed by atoms with van der Waals surface area (Å²) in [6, 6.07) is 13.6. The lowest BCUT2D eigenvalue weighted by molar-refractivity contribution is -0.189. The Labute approximate surface area is 188 Å². The molecule has 0 spiro atoms. The van der Waals surface area contributed by atoms with Crippen LogP contribution in [0.3, 0.4) is 0 Å². The number of fused-ring (bicyclic) bond motifs is 2. The molecule has 0 radical (unpaired) electrons. The van der Waals surface area contributed by atoms with Crippen LogP contribution in [0.5, 0.6) is 5.75 Å². The molecule has 2 aromatic carbocycles. The second-order valence-corrected chi connectivity index (χ2v) is 8.75. The zero-order valence-electron chi connectivity index (χ0n) is 16.9. The van der Waals surface area contributed by atoms with Crippen LogP contribution in [0.2, 0.25) is 0 Å². The van der Waals surface area contributed by atoms with E-state index >= 15 is 0 Å². The second-order valence-electron chi connectivity index (χ2n) is 7.84. The first-order valence-electron chi connectivity index (χ1n) is 10.2. The Morgan fingerprint density at radius 3 is 2.77 bits per heavy atom. The fourth-order valence-corrected chi connectivity index (χ4v) is 4.44.